The Morgan fingerprint density at radius 1 is 1.43 bits per heavy atom. The molecule has 1 amide bonds. The SMILES string of the molecule is CC1=C(n2c(N)c(C(N)=O)c3nc(C)cnc32)[C@H](C)CC=C1O. The van der Waals surface area contributed by atoms with Crippen molar-refractivity contribution in [2.24, 2.45) is 11.7 Å². The predicted molar refractivity (Wildman–Crippen MR) is 88.6 cm³/mol. The van der Waals surface area contributed by atoms with Crippen molar-refractivity contribution in [1.29, 1.82) is 0 Å². The lowest BCUT2D eigenvalue weighted by Crippen LogP contribution is -2.17. The molecule has 0 fully saturated rings. The highest BCUT2D eigenvalue weighted by Gasteiger charge is 2.28. The van der Waals surface area contributed by atoms with E-state index in [1.165, 1.54) is 0 Å². The molecule has 2 aromatic heterocycles. The van der Waals surface area contributed by atoms with Crippen molar-refractivity contribution in [2.75, 3.05) is 5.73 Å². The Labute approximate surface area is 133 Å². The van der Waals surface area contributed by atoms with Gasteiger partial charge in [-0.2, -0.15) is 0 Å². The Morgan fingerprint density at radius 3 is 2.78 bits per heavy atom. The summed E-state index contributed by atoms with van der Waals surface area (Å²) in [4.78, 5) is 20.6. The zero-order chi connectivity index (χ0) is 16.9. The first-order chi connectivity index (χ1) is 10.8. The number of aryl methyl sites for hydroxylation is 1. The number of aliphatic hydroxyl groups excluding tert-OH is 1. The van der Waals surface area contributed by atoms with Gasteiger partial charge in [-0.1, -0.05) is 6.92 Å². The van der Waals surface area contributed by atoms with E-state index in [1.807, 2.05) is 13.8 Å². The molecule has 7 nitrogen and oxygen atoms in total. The van der Waals surface area contributed by atoms with Crippen LogP contribution in [0.1, 0.15) is 36.3 Å². The van der Waals surface area contributed by atoms with Crippen LogP contribution in [-0.4, -0.2) is 25.5 Å². The second-order valence-corrected chi connectivity index (χ2v) is 5.88. The maximum absolute atomic E-state index is 11.9. The van der Waals surface area contributed by atoms with Crippen LogP contribution in [0, 0.1) is 12.8 Å². The molecule has 23 heavy (non-hydrogen) atoms. The molecular weight excluding hydrogens is 294 g/mol. The Hall–Kier alpha value is -2.83. The van der Waals surface area contributed by atoms with E-state index in [4.69, 9.17) is 11.5 Å². The van der Waals surface area contributed by atoms with Crippen molar-refractivity contribution >= 4 is 28.6 Å². The topological polar surface area (TPSA) is 120 Å². The van der Waals surface area contributed by atoms with Crippen LogP contribution in [0.25, 0.3) is 16.9 Å². The van der Waals surface area contributed by atoms with Gasteiger partial charge in [0, 0.05) is 17.2 Å². The summed E-state index contributed by atoms with van der Waals surface area (Å²) in [7, 11) is 0. The van der Waals surface area contributed by atoms with Gasteiger partial charge >= 0.3 is 0 Å². The number of rotatable bonds is 2. The second-order valence-electron chi connectivity index (χ2n) is 5.88. The van der Waals surface area contributed by atoms with Gasteiger partial charge in [0.15, 0.2) is 5.65 Å². The second kappa shape index (κ2) is 5.12. The van der Waals surface area contributed by atoms with Gasteiger partial charge in [-0.3, -0.25) is 9.36 Å². The lowest BCUT2D eigenvalue weighted by molar-refractivity contribution is 0.100. The molecule has 0 unspecified atom stereocenters. The summed E-state index contributed by atoms with van der Waals surface area (Å²) in [5, 5.41) is 10.1. The van der Waals surface area contributed by atoms with Crippen LogP contribution in [-0.2, 0) is 0 Å². The first-order valence-corrected chi connectivity index (χ1v) is 7.36. The van der Waals surface area contributed by atoms with Crippen LogP contribution in [0.4, 0.5) is 5.82 Å². The van der Waals surface area contributed by atoms with Gasteiger partial charge in [0.2, 0.25) is 0 Å². The maximum Gasteiger partial charge on any atom is 0.254 e. The highest BCUT2D eigenvalue weighted by molar-refractivity contribution is 6.10. The summed E-state index contributed by atoms with van der Waals surface area (Å²) in [6.45, 7) is 5.62. The third-order valence-corrected chi connectivity index (χ3v) is 4.21. The maximum atomic E-state index is 11.9. The Balaban J connectivity index is 2.43. The van der Waals surface area contributed by atoms with E-state index in [9.17, 15) is 9.90 Å². The van der Waals surface area contributed by atoms with Crippen molar-refractivity contribution in [3.8, 4) is 0 Å². The molecule has 1 aliphatic carbocycles. The average molecular weight is 313 g/mol. The molecule has 0 aromatic carbocycles. The zero-order valence-corrected chi connectivity index (χ0v) is 13.3. The monoisotopic (exact) mass is 313 g/mol. The zero-order valence-electron chi connectivity index (χ0n) is 13.3. The highest BCUT2D eigenvalue weighted by atomic mass is 16.3. The molecular formula is C16H19N5O2. The number of nitrogens with two attached hydrogens (primary N) is 2. The van der Waals surface area contributed by atoms with E-state index in [0.717, 1.165) is 5.70 Å². The number of fused-ring (bicyclic) bond motifs is 1. The van der Waals surface area contributed by atoms with Gasteiger partial charge < -0.3 is 16.6 Å². The van der Waals surface area contributed by atoms with Crippen LogP contribution in [0.5, 0.6) is 0 Å². The standard InChI is InChI=1S/C16H19N5O2/c1-7-4-5-10(22)9(3)13(7)21-14(17)11(15(18)23)12-16(21)19-6-8(2)20-12/h5-7,22H,4,17H2,1-3H3,(H2,18,23)/t7-/m1/s1. The lowest BCUT2D eigenvalue weighted by Gasteiger charge is -2.24. The number of aromatic nitrogens is 3. The molecule has 0 saturated heterocycles. The van der Waals surface area contributed by atoms with Gasteiger partial charge in [0.25, 0.3) is 5.91 Å². The quantitative estimate of drug-likeness (QED) is 0.784. The molecule has 120 valence electrons. The molecule has 0 spiro atoms. The number of primary amides is 1. The first kappa shape index (κ1) is 15.1. The molecule has 0 radical (unpaired) electrons. The largest absolute Gasteiger partial charge is 0.508 e. The third-order valence-electron chi connectivity index (χ3n) is 4.21. The minimum atomic E-state index is -0.646. The van der Waals surface area contributed by atoms with Gasteiger partial charge in [0.05, 0.1) is 11.9 Å². The van der Waals surface area contributed by atoms with Crippen LogP contribution >= 0.6 is 0 Å². The molecule has 0 saturated carbocycles. The number of allylic oxidation sites excluding steroid dienone is 3. The van der Waals surface area contributed by atoms with Crippen molar-refractivity contribution < 1.29 is 9.90 Å². The van der Waals surface area contributed by atoms with E-state index in [2.05, 4.69) is 9.97 Å². The summed E-state index contributed by atoms with van der Waals surface area (Å²) in [5.41, 5.74) is 14.9. The number of hydrogen-bond donors (Lipinski definition) is 3. The molecule has 0 aliphatic heterocycles. The number of aliphatic hydroxyl groups is 1. The van der Waals surface area contributed by atoms with E-state index in [0.29, 0.717) is 28.9 Å². The van der Waals surface area contributed by atoms with Gasteiger partial charge in [-0.25, -0.2) is 9.97 Å². The number of amides is 1. The third kappa shape index (κ3) is 2.16. The summed E-state index contributed by atoms with van der Waals surface area (Å²) in [6, 6.07) is 0. The average Bonchev–Trinajstić information content (AvgIpc) is 2.75. The number of nitrogens with zero attached hydrogens (tertiary/aromatic N) is 3. The molecule has 7 heteroatoms. The fraction of sp³-hybridized carbons (Fsp3) is 0.312. The fourth-order valence-electron chi connectivity index (χ4n) is 3.08. The van der Waals surface area contributed by atoms with Crippen LogP contribution in [0.15, 0.2) is 23.6 Å². The van der Waals surface area contributed by atoms with E-state index < -0.39 is 5.91 Å². The number of carbonyl (C=O) groups is 1. The molecule has 2 aromatic rings. The summed E-state index contributed by atoms with van der Waals surface area (Å²) >= 11 is 0. The molecule has 3 rings (SSSR count). The van der Waals surface area contributed by atoms with Crippen molar-refractivity contribution in [3.63, 3.8) is 0 Å². The number of hydrogen-bond acceptors (Lipinski definition) is 5. The number of anilines is 1. The summed E-state index contributed by atoms with van der Waals surface area (Å²) in [6.07, 6.45) is 4.06. The van der Waals surface area contributed by atoms with Crippen LogP contribution in [0.2, 0.25) is 0 Å². The molecule has 5 N–H and O–H groups in total. The summed E-state index contributed by atoms with van der Waals surface area (Å²) < 4.78 is 1.69. The van der Waals surface area contributed by atoms with E-state index in [-0.39, 0.29) is 23.1 Å². The molecule has 1 aliphatic rings. The summed E-state index contributed by atoms with van der Waals surface area (Å²) in [5.74, 6) is -0.130. The fourth-order valence-corrected chi connectivity index (χ4v) is 3.08. The minimum absolute atomic E-state index is 0.104. The molecule has 1 atom stereocenters. The highest BCUT2D eigenvalue weighted by Crippen LogP contribution is 2.38. The number of carbonyl (C=O) groups excluding carboxylic acids is 1. The Morgan fingerprint density at radius 2 is 2.13 bits per heavy atom. The van der Waals surface area contributed by atoms with Crippen LogP contribution in [0.3, 0.4) is 0 Å². The normalized spacial score (nSPS) is 18.4. The minimum Gasteiger partial charge on any atom is -0.508 e. The van der Waals surface area contributed by atoms with Crippen molar-refractivity contribution in [2.45, 2.75) is 27.2 Å². The number of nitrogen functional groups attached to an aromatic ring is 1. The lowest BCUT2D eigenvalue weighted by atomic mass is 9.93. The van der Waals surface area contributed by atoms with E-state index >= 15 is 0 Å². The Bertz CT molecular complexity index is 891. The van der Waals surface area contributed by atoms with Gasteiger partial charge in [0.1, 0.15) is 22.7 Å². The Kier molecular flexibility index (Phi) is 3.35. The molecule has 0 bridgehead atoms. The van der Waals surface area contributed by atoms with Crippen LogP contribution < -0.4 is 11.5 Å². The smallest absolute Gasteiger partial charge is 0.254 e. The predicted octanol–water partition coefficient (Wildman–Crippen LogP) is 2.13. The van der Waals surface area contributed by atoms with Crippen molar-refractivity contribution in [3.05, 3.63) is 34.9 Å². The van der Waals surface area contributed by atoms with Gasteiger partial charge in [-0.15, -0.1) is 0 Å². The van der Waals surface area contributed by atoms with Gasteiger partial charge in [-0.05, 0) is 26.3 Å². The molecule has 2 heterocycles. The first-order valence-electron chi connectivity index (χ1n) is 7.36. The van der Waals surface area contributed by atoms with Crippen molar-refractivity contribution in [1.82, 2.24) is 14.5 Å². The van der Waals surface area contributed by atoms with E-state index in [1.54, 1.807) is 23.8 Å².